The Morgan fingerprint density at radius 2 is 1.76 bits per heavy atom. The number of aliphatic hydroxyl groups is 1. The predicted octanol–water partition coefficient (Wildman–Crippen LogP) is 4.95. The maximum atomic E-state index is 9.39. The molecule has 3 nitrogen and oxygen atoms in total. The first kappa shape index (κ1) is 22.0. The normalized spacial score (nSPS) is 15.2. The number of aliphatic hydroxyl groups excluding tert-OH is 1. The minimum atomic E-state index is -0.457. The molecule has 1 aromatic carbocycles. The van der Waals surface area contributed by atoms with Crippen LogP contribution >= 0.6 is 0 Å². The summed E-state index contributed by atoms with van der Waals surface area (Å²) in [5.41, 5.74) is 6.93. The van der Waals surface area contributed by atoms with Gasteiger partial charge in [-0.1, -0.05) is 59.1 Å². The third-order valence-corrected chi connectivity index (χ3v) is 5.21. The van der Waals surface area contributed by atoms with Crippen LogP contribution in [0, 0.1) is 11.8 Å². The van der Waals surface area contributed by atoms with Gasteiger partial charge in [-0.15, -0.1) is 0 Å². The first-order valence-electron chi connectivity index (χ1n) is 10.00. The molecule has 3 heteroatoms. The van der Waals surface area contributed by atoms with Gasteiger partial charge in [0.1, 0.15) is 5.75 Å². The van der Waals surface area contributed by atoms with Gasteiger partial charge in [0.15, 0.2) is 0 Å². The Morgan fingerprint density at radius 1 is 1.08 bits per heavy atom. The Hall–Kier alpha value is -1.06. The van der Waals surface area contributed by atoms with Crippen molar-refractivity contribution in [3.63, 3.8) is 0 Å². The molecule has 0 saturated heterocycles. The summed E-state index contributed by atoms with van der Waals surface area (Å²) in [6.45, 7) is 9.75. The molecule has 0 heterocycles. The van der Waals surface area contributed by atoms with E-state index in [1.807, 2.05) is 19.1 Å². The van der Waals surface area contributed by atoms with Gasteiger partial charge in [-0.05, 0) is 55.2 Å². The summed E-state index contributed by atoms with van der Waals surface area (Å²) in [6.07, 6.45) is 7.53. The Labute approximate surface area is 155 Å². The van der Waals surface area contributed by atoms with Gasteiger partial charge in [0, 0.05) is 5.54 Å². The van der Waals surface area contributed by atoms with Crippen LogP contribution in [0.2, 0.25) is 0 Å². The lowest BCUT2D eigenvalue weighted by molar-refractivity contribution is 0.183. The average Bonchev–Trinajstić information content (AvgIpc) is 2.60. The van der Waals surface area contributed by atoms with Crippen molar-refractivity contribution in [2.24, 2.45) is 17.6 Å². The third kappa shape index (κ3) is 9.27. The quantitative estimate of drug-likeness (QED) is 0.530. The van der Waals surface area contributed by atoms with Gasteiger partial charge in [-0.2, -0.15) is 0 Å². The average molecular weight is 350 g/mol. The Kier molecular flexibility index (Phi) is 10.1. The fraction of sp³-hybridized carbons (Fsp3) is 0.727. The Bertz CT molecular complexity index is 452. The van der Waals surface area contributed by atoms with Crippen LogP contribution in [0.5, 0.6) is 5.75 Å². The molecule has 0 radical (unpaired) electrons. The van der Waals surface area contributed by atoms with Crippen molar-refractivity contribution in [1.29, 1.82) is 0 Å². The molecule has 0 aromatic heterocycles. The summed E-state index contributed by atoms with van der Waals surface area (Å²) in [5, 5.41) is 9.39. The number of rotatable bonds is 13. The van der Waals surface area contributed by atoms with Crippen molar-refractivity contribution in [2.45, 2.75) is 78.2 Å². The van der Waals surface area contributed by atoms with Crippen molar-refractivity contribution in [3.05, 3.63) is 29.8 Å². The smallest absolute Gasteiger partial charge is 0.119 e. The topological polar surface area (TPSA) is 55.5 Å². The minimum absolute atomic E-state index is 0.0417. The van der Waals surface area contributed by atoms with Crippen LogP contribution < -0.4 is 10.5 Å². The number of nitrogens with two attached hydrogens (primary N) is 1. The van der Waals surface area contributed by atoms with E-state index in [-0.39, 0.29) is 6.61 Å². The zero-order valence-corrected chi connectivity index (χ0v) is 16.8. The van der Waals surface area contributed by atoms with Crippen LogP contribution in [0.25, 0.3) is 0 Å². The van der Waals surface area contributed by atoms with E-state index in [0.717, 1.165) is 49.9 Å². The molecule has 144 valence electrons. The highest BCUT2D eigenvalue weighted by Gasteiger charge is 2.20. The summed E-state index contributed by atoms with van der Waals surface area (Å²) >= 11 is 0. The van der Waals surface area contributed by atoms with Gasteiger partial charge in [0.05, 0.1) is 13.2 Å². The van der Waals surface area contributed by atoms with Crippen molar-refractivity contribution in [3.8, 4) is 5.75 Å². The highest BCUT2D eigenvalue weighted by Crippen LogP contribution is 2.19. The molecule has 2 unspecified atom stereocenters. The van der Waals surface area contributed by atoms with Gasteiger partial charge in [-0.3, -0.25) is 0 Å². The van der Waals surface area contributed by atoms with Crippen LogP contribution in [0.3, 0.4) is 0 Å². The minimum Gasteiger partial charge on any atom is -0.494 e. The van der Waals surface area contributed by atoms with E-state index >= 15 is 0 Å². The van der Waals surface area contributed by atoms with E-state index in [1.54, 1.807) is 0 Å². The number of benzene rings is 1. The van der Waals surface area contributed by atoms with E-state index in [4.69, 9.17) is 10.5 Å². The predicted molar refractivity (Wildman–Crippen MR) is 107 cm³/mol. The molecule has 25 heavy (non-hydrogen) atoms. The summed E-state index contributed by atoms with van der Waals surface area (Å²) in [5.74, 6) is 2.47. The molecule has 1 rings (SSSR count). The van der Waals surface area contributed by atoms with Gasteiger partial charge in [-0.25, -0.2) is 0 Å². The van der Waals surface area contributed by atoms with Crippen LogP contribution in [0.1, 0.15) is 71.8 Å². The molecule has 3 N–H and O–H groups in total. The third-order valence-electron chi connectivity index (χ3n) is 5.21. The molecular weight excluding hydrogens is 310 g/mol. The number of aryl methyl sites for hydroxylation is 1. The number of hydrogen-bond donors (Lipinski definition) is 2. The van der Waals surface area contributed by atoms with E-state index in [9.17, 15) is 5.11 Å². The summed E-state index contributed by atoms with van der Waals surface area (Å²) in [4.78, 5) is 0. The van der Waals surface area contributed by atoms with Gasteiger partial charge in [0.25, 0.3) is 0 Å². The lowest BCUT2D eigenvalue weighted by atomic mass is 9.90. The highest BCUT2D eigenvalue weighted by atomic mass is 16.5. The van der Waals surface area contributed by atoms with Gasteiger partial charge >= 0.3 is 0 Å². The zero-order chi connectivity index (χ0) is 18.7. The lowest BCUT2D eigenvalue weighted by Crippen LogP contribution is -2.43. The lowest BCUT2D eigenvalue weighted by Gasteiger charge is -2.25. The molecule has 0 amide bonds. The molecule has 0 aliphatic carbocycles. The maximum absolute atomic E-state index is 9.39. The Balaban J connectivity index is 2.28. The molecule has 0 aliphatic heterocycles. The summed E-state index contributed by atoms with van der Waals surface area (Å²) in [7, 11) is 0. The van der Waals surface area contributed by atoms with Crippen LogP contribution in [0.15, 0.2) is 24.3 Å². The van der Waals surface area contributed by atoms with E-state index in [2.05, 4.69) is 32.9 Å². The standard InChI is InChI=1S/C22H39NO2/c1-5-22(23,17-24)15-13-20-9-11-21(12-10-20)25-16-14-19(4)8-6-7-18(2)3/h9-12,18-19,24H,5-8,13-17,23H2,1-4H3. The second-order valence-corrected chi connectivity index (χ2v) is 8.09. The fourth-order valence-electron chi connectivity index (χ4n) is 2.91. The molecule has 0 spiro atoms. The SMILES string of the molecule is CCC(N)(CO)CCc1ccc(OCCC(C)CCCC(C)C)cc1. The summed E-state index contributed by atoms with van der Waals surface area (Å²) in [6, 6.07) is 8.30. The largest absolute Gasteiger partial charge is 0.494 e. The van der Waals surface area contributed by atoms with Crippen molar-refractivity contribution in [2.75, 3.05) is 13.2 Å². The summed E-state index contributed by atoms with van der Waals surface area (Å²) < 4.78 is 5.88. The second kappa shape index (κ2) is 11.5. The van der Waals surface area contributed by atoms with Crippen LogP contribution in [-0.4, -0.2) is 23.9 Å². The van der Waals surface area contributed by atoms with E-state index in [1.165, 1.54) is 24.8 Å². The van der Waals surface area contributed by atoms with Gasteiger partial charge in [0.2, 0.25) is 0 Å². The first-order valence-corrected chi connectivity index (χ1v) is 10.00. The second-order valence-electron chi connectivity index (χ2n) is 8.09. The molecule has 1 aromatic rings. The zero-order valence-electron chi connectivity index (χ0n) is 16.8. The molecule has 0 fully saturated rings. The van der Waals surface area contributed by atoms with Crippen LogP contribution in [-0.2, 0) is 6.42 Å². The first-order chi connectivity index (χ1) is 11.9. The molecule has 0 aliphatic rings. The van der Waals surface area contributed by atoms with E-state index < -0.39 is 5.54 Å². The van der Waals surface area contributed by atoms with Crippen molar-refractivity contribution in [1.82, 2.24) is 0 Å². The molecule has 0 saturated carbocycles. The maximum Gasteiger partial charge on any atom is 0.119 e. The van der Waals surface area contributed by atoms with Crippen molar-refractivity contribution < 1.29 is 9.84 Å². The molecular formula is C22H39NO2. The Morgan fingerprint density at radius 3 is 2.32 bits per heavy atom. The molecule has 0 bridgehead atoms. The van der Waals surface area contributed by atoms with E-state index in [0.29, 0.717) is 0 Å². The number of ether oxygens (including phenoxy) is 1. The highest BCUT2D eigenvalue weighted by molar-refractivity contribution is 5.27. The monoisotopic (exact) mass is 349 g/mol. The van der Waals surface area contributed by atoms with Crippen LogP contribution in [0.4, 0.5) is 0 Å². The fourth-order valence-corrected chi connectivity index (χ4v) is 2.91. The van der Waals surface area contributed by atoms with Crippen molar-refractivity contribution >= 4 is 0 Å². The number of hydrogen-bond acceptors (Lipinski definition) is 3. The van der Waals surface area contributed by atoms with Gasteiger partial charge < -0.3 is 15.6 Å². The molecule has 2 atom stereocenters.